The second kappa shape index (κ2) is 4.48. The van der Waals surface area contributed by atoms with Crippen molar-refractivity contribution in [3.05, 3.63) is 35.4 Å². The first-order valence-corrected chi connectivity index (χ1v) is 4.50. The molecule has 2 heteroatoms. The van der Waals surface area contributed by atoms with Crippen molar-refractivity contribution in [2.45, 2.75) is 18.7 Å². The van der Waals surface area contributed by atoms with Gasteiger partial charge >= 0.3 is 0 Å². The highest BCUT2D eigenvalue weighted by Crippen LogP contribution is 2.26. The molecule has 1 rings (SSSR count). The van der Waals surface area contributed by atoms with Crippen molar-refractivity contribution in [1.82, 2.24) is 0 Å². The quantitative estimate of drug-likeness (QED) is 0.717. The molecular formula is C10H13ClO. The van der Waals surface area contributed by atoms with E-state index in [9.17, 15) is 0 Å². The number of halogens is 1. The van der Waals surface area contributed by atoms with E-state index in [-0.39, 0.29) is 12.0 Å². The molecular weight excluding hydrogens is 172 g/mol. The van der Waals surface area contributed by atoms with Gasteiger partial charge in [-0.2, -0.15) is 0 Å². The Hall–Kier alpha value is -0.530. The van der Waals surface area contributed by atoms with Crippen LogP contribution < -0.4 is 0 Å². The average molecular weight is 185 g/mol. The molecule has 0 saturated heterocycles. The molecule has 0 fully saturated rings. The predicted molar refractivity (Wildman–Crippen MR) is 51.5 cm³/mol. The van der Waals surface area contributed by atoms with Crippen molar-refractivity contribution in [3.63, 3.8) is 0 Å². The Morgan fingerprint density at radius 2 is 2.08 bits per heavy atom. The Morgan fingerprint density at radius 1 is 1.42 bits per heavy atom. The van der Waals surface area contributed by atoms with Crippen LogP contribution in [0.15, 0.2) is 24.3 Å². The second-order valence-corrected chi connectivity index (χ2v) is 3.36. The van der Waals surface area contributed by atoms with Gasteiger partial charge in [-0.15, -0.1) is 11.6 Å². The molecule has 0 radical (unpaired) electrons. The summed E-state index contributed by atoms with van der Waals surface area (Å²) in [6.45, 7) is 2.17. The molecule has 1 unspecified atom stereocenters. The highest BCUT2D eigenvalue weighted by atomic mass is 35.5. The van der Waals surface area contributed by atoms with Gasteiger partial charge in [-0.25, -0.2) is 0 Å². The van der Waals surface area contributed by atoms with Crippen molar-refractivity contribution in [2.75, 3.05) is 6.61 Å². The lowest BCUT2D eigenvalue weighted by molar-refractivity contribution is 0.286. The van der Waals surface area contributed by atoms with Gasteiger partial charge in [0.2, 0.25) is 0 Å². The number of aliphatic hydroxyl groups is 1. The summed E-state index contributed by atoms with van der Waals surface area (Å²) in [5, 5.41) is 8.65. The van der Waals surface area contributed by atoms with Crippen molar-refractivity contribution in [2.24, 2.45) is 0 Å². The smallest absolute Gasteiger partial charge is 0.0609 e. The third kappa shape index (κ3) is 2.23. The van der Waals surface area contributed by atoms with Crippen LogP contribution in [0.5, 0.6) is 0 Å². The first-order chi connectivity index (χ1) is 5.75. The van der Waals surface area contributed by atoms with Crippen LogP contribution in [0.4, 0.5) is 0 Å². The summed E-state index contributed by atoms with van der Waals surface area (Å²) < 4.78 is 0. The number of alkyl halides is 1. The lowest BCUT2D eigenvalue weighted by Crippen LogP contribution is -1.96. The van der Waals surface area contributed by atoms with E-state index in [1.807, 2.05) is 31.2 Å². The monoisotopic (exact) mass is 184 g/mol. The molecule has 0 aliphatic carbocycles. The molecule has 1 aromatic rings. The van der Waals surface area contributed by atoms with E-state index < -0.39 is 0 Å². The molecule has 0 aliphatic heterocycles. The van der Waals surface area contributed by atoms with Gasteiger partial charge in [0, 0.05) is 6.61 Å². The first kappa shape index (κ1) is 9.56. The summed E-state index contributed by atoms with van der Waals surface area (Å²) in [4.78, 5) is 0. The number of hydrogen-bond acceptors (Lipinski definition) is 1. The van der Waals surface area contributed by atoms with Gasteiger partial charge in [-0.1, -0.05) is 24.3 Å². The number of aryl methyl sites for hydroxylation is 1. The molecule has 1 aromatic carbocycles. The van der Waals surface area contributed by atoms with Crippen molar-refractivity contribution in [3.8, 4) is 0 Å². The third-order valence-electron chi connectivity index (χ3n) is 1.91. The Morgan fingerprint density at radius 3 is 2.67 bits per heavy atom. The van der Waals surface area contributed by atoms with Gasteiger partial charge in [0.1, 0.15) is 0 Å². The van der Waals surface area contributed by atoms with Crippen molar-refractivity contribution in [1.29, 1.82) is 0 Å². The van der Waals surface area contributed by atoms with Gasteiger partial charge in [0.05, 0.1) is 5.38 Å². The lowest BCUT2D eigenvalue weighted by atomic mass is 10.0. The maximum absolute atomic E-state index is 8.70. The van der Waals surface area contributed by atoms with E-state index >= 15 is 0 Å². The zero-order valence-corrected chi connectivity index (χ0v) is 7.88. The largest absolute Gasteiger partial charge is 0.396 e. The van der Waals surface area contributed by atoms with Gasteiger partial charge in [-0.3, -0.25) is 0 Å². The van der Waals surface area contributed by atoms with E-state index in [0.29, 0.717) is 6.42 Å². The van der Waals surface area contributed by atoms with Gasteiger partial charge < -0.3 is 5.11 Å². The zero-order valence-electron chi connectivity index (χ0n) is 7.13. The Kier molecular flexibility index (Phi) is 3.57. The summed E-state index contributed by atoms with van der Waals surface area (Å²) in [6, 6.07) is 7.99. The summed E-state index contributed by atoms with van der Waals surface area (Å²) >= 11 is 6.05. The van der Waals surface area contributed by atoms with Crippen LogP contribution in [-0.2, 0) is 0 Å². The van der Waals surface area contributed by atoms with Crippen LogP contribution in [0.1, 0.15) is 22.9 Å². The fourth-order valence-corrected chi connectivity index (χ4v) is 1.55. The van der Waals surface area contributed by atoms with Gasteiger partial charge in [0.15, 0.2) is 0 Å². The second-order valence-electron chi connectivity index (χ2n) is 2.84. The minimum atomic E-state index is -0.0591. The molecule has 66 valence electrons. The van der Waals surface area contributed by atoms with E-state index in [1.165, 1.54) is 5.56 Å². The fourth-order valence-electron chi connectivity index (χ4n) is 1.21. The molecule has 12 heavy (non-hydrogen) atoms. The molecule has 0 spiro atoms. The lowest BCUT2D eigenvalue weighted by Gasteiger charge is -2.10. The Balaban J connectivity index is 2.79. The van der Waals surface area contributed by atoms with Gasteiger partial charge in [0.25, 0.3) is 0 Å². The SMILES string of the molecule is Cc1ccccc1C(Cl)CCO. The number of hydrogen-bond donors (Lipinski definition) is 1. The average Bonchev–Trinajstić information content (AvgIpc) is 2.05. The number of aliphatic hydroxyl groups excluding tert-OH is 1. The van der Waals surface area contributed by atoms with Crippen LogP contribution in [0.3, 0.4) is 0 Å². The van der Waals surface area contributed by atoms with Crippen LogP contribution >= 0.6 is 11.6 Å². The minimum absolute atomic E-state index is 0.0591. The summed E-state index contributed by atoms with van der Waals surface area (Å²) in [5.74, 6) is 0. The molecule has 0 bridgehead atoms. The van der Waals surface area contributed by atoms with E-state index in [4.69, 9.17) is 16.7 Å². The molecule has 0 aliphatic rings. The number of benzene rings is 1. The van der Waals surface area contributed by atoms with Crippen LogP contribution in [-0.4, -0.2) is 11.7 Å². The normalized spacial score (nSPS) is 12.9. The van der Waals surface area contributed by atoms with Crippen LogP contribution in [0, 0.1) is 6.92 Å². The summed E-state index contributed by atoms with van der Waals surface area (Å²) in [5.41, 5.74) is 2.30. The predicted octanol–water partition coefficient (Wildman–Crippen LogP) is 2.66. The molecule has 0 aromatic heterocycles. The molecule has 1 nitrogen and oxygen atoms in total. The Labute approximate surface area is 78.0 Å². The summed E-state index contributed by atoms with van der Waals surface area (Å²) in [6.07, 6.45) is 0.617. The van der Waals surface area contributed by atoms with E-state index in [0.717, 1.165) is 5.56 Å². The summed E-state index contributed by atoms with van der Waals surface area (Å²) in [7, 11) is 0. The van der Waals surface area contributed by atoms with E-state index in [1.54, 1.807) is 0 Å². The zero-order chi connectivity index (χ0) is 8.97. The standard InChI is InChI=1S/C10H13ClO/c1-8-4-2-3-5-9(8)10(11)6-7-12/h2-5,10,12H,6-7H2,1H3. The molecule has 0 heterocycles. The molecule has 1 atom stereocenters. The maximum atomic E-state index is 8.70. The number of rotatable bonds is 3. The minimum Gasteiger partial charge on any atom is -0.396 e. The molecule has 1 N–H and O–H groups in total. The molecule has 0 amide bonds. The maximum Gasteiger partial charge on any atom is 0.0609 e. The molecule has 0 saturated carbocycles. The van der Waals surface area contributed by atoms with Crippen molar-refractivity contribution < 1.29 is 5.11 Å². The highest BCUT2D eigenvalue weighted by molar-refractivity contribution is 6.20. The van der Waals surface area contributed by atoms with Crippen LogP contribution in [0.25, 0.3) is 0 Å². The van der Waals surface area contributed by atoms with Gasteiger partial charge in [-0.05, 0) is 24.5 Å². The Bertz CT molecular complexity index is 247. The first-order valence-electron chi connectivity index (χ1n) is 4.06. The third-order valence-corrected chi connectivity index (χ3v) is 2.36. The highest BCUT2D eigenvalue weighted by Gasteiger charge is 2.08. The fraction of sp³-hybridized carbons (Fsp3) is 0.400. The van der Waals surface area contributed by atoms with Crippen LogP contribution in [0.2, 0.25) is 0 Å². The van der Waals surface area contributed by atoms with Crippen molar-refractivity contribution >= 4 is 11.6 Å². The van der Waals surface area contributed by atoms with E-state index in [2.05, 4.69) is 0 Å². The topological polar surface area (TPSA) is 20.2 Å².